The Morgan fingerprint density at radius 1 is 1.33 bits per heavy atom. The minimum absolute atomic E-state index is 0.000510. The van der Waals surface area contributed by atoms with E-state index in [0.717, 1.165) is 5.70 Å². The number of aromatic nitrogens is 3. The molecule has 0 unspecified atom stereocenters. The highest BCUT2D eigenvalue weighted by molar-refractivity contribution is 5.99. The maximum Gasteiger partial charge on any atom is 0.275 e. The third kappa shape index (κ3) is 2.10. The number of nitrogens with one attached hydrogen (secondary N) is 1. The molecule has 0 saturated carbocycles. The minimum Gasteiger partial charge on any atom is -0.328 e. The molecule has 1 aliphatic heterocycles. The first-order valence-corrected chi connectivity index (χ1v) is 7.72. The van der Waals surface area contributed by atoms with Crippen molar-refractivity contribution in [3.05, 3.63) is 57.5 Å². The molecule has 122 valence electrons. The van der Waals surface area contributed by atoms with Crippen LogP contribution in [0, 0.1) is 16.0 Å². The van der Waals surface area contributed by atoms with E-state index >= 15 is 0 Å². The van der Waals surface area contributed by atoms with Crippen molar-refractivity contribution in [2.24, 2.45) is 5.92 Å². The van der Waals surface area contributed by atoms with Gasteiger partial charge in [-0.2, -0.15) is 10.1 Å². The van der Waals surface area contributed by atoms with Gasteiger partial charge in [0.1, 0.15) is 12.4 Å². The average Bonchev–Trinajstić information content (AvgIpc) is 3.00. The Kier molecular flexibility index (Phi) is 3.19. The smallest absolute Gasteiger partial charge is 0.275 e. The van der Waals surface area contributed by atoms with Crippen molar-refractivity contribution in [2.45, 2.75) is 25.8 Å². The van der Waals surface area contributed by atoms with Gasteiger partial charge in [-0.3, -0.25) is 14.9 Å². The molecule has 2 aliphatic rings. The quantitative estimate of drug-likeness (QED) is 0.672. The van der Waals surface area contributed by atoms with Crippen LogP contribution in [0.1, 0.15) is 31.4 Å². The van der Waals surface area contributed by atoms with Crippen LogP contribution in [0.5, 0.6) is 0 Å². The molecule has 8 nitrogen and oxygen atoms in total. The SMILES string of the molecule is C[C@H]1CC(=O)C2=C(C1)Nc1ncnn1[C@H]2c1ccccc1[N+](=O)[O-]. The van der Waals surface area contributed by atoms with Gasteiger partial charge in [0.25, 0.3) is 5.69 Å². The summed E-state index contributed by atoms with van der Waals surface area (Å²) >= 11 is 0. The molecule has 24 heavy (non-hydrogen) atoms. The van der Waals surface area contributed by atoms with E-state index in [-0.39, 0.29) is 17.4 Å². The van der Waals surface area contributed by atoms with Crippen LogP contribution in [0.25, 0.3) is 0 Å². The second-order valence-corrected chi connectivity index (χ2v) is 6.20. The van der Waals surface area contributed by atoms with Crippen molar-refractivity contribution in [2.75, 3.05) is 5.32 Å². The Labute approximate surface area is 137 Å². The van der Waals surface area contributed by atoms with Gasteiger partial charge in [0, 0.05) is 23.8 Å². The van der Waals surface area contributed by atoms with Crippen LogP contribution >= 0.6 is 0 Å². The summed E-state index contributed by atoms with van der Waals surface area (Å²) in [5.74, 6) is 0.726. The molecule has 0 bridgehead atoms. The van der Waals surface area contributed by atoms with Crippen molar-refractivity contribution in [1.29, 1.82) is 0 Å². The third-order valence-corrected chi connectivity index (χ3v) is 4.49. The Bertz CT molecular complexity index is 885. The van der Waals surface area contributed by atoms with E-state index in [1.165, 1.54) is 12.4 Å². The number of anilines is 1. The number of fused-ring (bicyclic) bond motifs is 1. The summed E-state index contributed by atoms with van der Waals surface area (Å²) < 4.78 is 1.55. The van der Waals surface area contributed by atoms with Crippen molar-refractivity contribution >= 4 is 17.4 Å². The van der Waals surface area contributed by atoms with Crippen LogP contribution in [-0.4, -0.2) is 25.5 Å². The first kappa shape index (κ1) is 14.6. The normalized spacial score (nSPS) is 22.6. The average molecular weight is 325 g/mol. The van der Waals surface area contributed by atoms with Gasteiger partial charge in [-0.05, 0) is 18.4 Å². The predicted octanol–water partition coefficient (Wildman–Crippen LogP) is 2.45. The van der Waals surface area contributed by atoms with E-state index in [0.29, 0.717) is 29.9 Å². The summed E-state index contributed by atoms with van der Waals surface area (Å²) in [5, 5.41) is 18.8. The molecule has 0 amide bonds. The number of para-hydroxylation sites is 1. The number of nitro benzene ring substituents is 1. The number of hydrogen-bond acceptors (Lipinski definition) is 6. The van der Waals surface area contributed by atoms with Crippen LogP contribution in [0.2, 0.25) is 0 Å². The fraction of sp³-hybridized carbons (Fsp3) is 0.312. The van der Waals surface area contributed by atoms with Crippen molar-refractivity contribution in [3.63, 3.8) is 0 Å². The Hall–Kier alpha value is -3.03. The lowest BCUT2D eigenvalue weighted by Gasteiger charge is -2.33. The lowest BCUT2D eigenvalue weighted by Crippen LogP contribution is -2.33. The highest BCUT2D eigenvalue weighted by Crippen LogP contribution is 2.43. The Morgan fingerprint density at radius 3 is 2.92 bits per heavy atom. The fourth-order valence-electron chi connectivity index (χ4n) is 3.52. The van der Waals surface area contributed by atoms with Gasteiger partial charge in [-0.15, -0.1) is 0 Å². The molecule has 8 heteroatoms. The summed E-state index contributed by atoms with van der Waals surface area (Å²) in [6.07, 6.45) is 2.53. The zero-order valence-electron chi connectivity index (χ0n) is 13.0. The molecule has 0 spiro atoms. The monoisotopic (exact) mass is 325 g/mol. The lowest BCUT2D eigenvalue weighted by atomic mass is 9.81. The first-order chi connectivity index (χ1) is 11.6. The number of carbonyl (C=O) groups is 1. The molecule has 1 aromatic heterocycles. The predicted molar refractivity (Wildman–Crippen MR) is 85.3 cm³/mol. The standard InChI is InChI=1S/C16H15N5O3/c1-9-6-11-14(13(22)7-9)15(20-16(19-11)17-8-18-20)10-4-2-3-5-12(10)21(23)24/h2-5,8-9,15H,6-7H2,1H3,(H,17,18,19)/t9-,15+/m1/s1. The van der Waals surface area contributed by atoms with Crippen LogP contribution in [-0.2, 0) is 4.79 Å². The van der Waals surface area contributed by atoms with Gasteiger partial charge >= 0.3 is 0 Å². The molecular formula is C16H15N5O3. The van der Waals surface area contributed by atoms with Gasteiger partial charge in [-0.1, -0.05) is 19.1 Å². The Balaban J connectivity index is 1.96. The summed E-state index contributed by atoms with van der Waals surface area (Å²) in [7, 11) is 0. The summed E-state index contributed by atoms with van der Waals surface area (Å²) in [6.45, 7) is 2.02. The molecule has 0 fully saturated rings. The highest BCUT2D eigenvalue weighted by atomic mass is 16.6. The molecule has 4 rings (SSSR count). The molecule has 2 atom stereocenters. The highest BCUT2D eigenvalue weighted by Gasteiger charge is 2.40. The van der Waals surface area contributed by atoms with E-state index in [1.54, 1.807) is 22.9 Å². The summed E-state index contributed by atoms with van der Waals surface area (Å²) in [6, 6.07) is 5.85. The fourth-order valence-corrected chi connectivity index (χ4v) is 3.52. The zero-order chi connectivity index (χ0) is 16.8. The minimum atomic E-state index is -0.625. The largest absolute Gasteiger partial charge is 0.328 e. The summed E-state index contributed by atoms with van der Waals surface area (Å²) in [5.41, 5.74) is 1.78. The maximum absolute atomic E-state index is 12.7. The second-order valence-electron chi connectivity index (χ2n) is 6.20. The van der Waals surface area contributed by atoms with Gasteiger partial charge in [0.15, 0.2) is 5.78 Å². The number of ketones is 1. The topological polar surface area (TPSA) is 103 Å². The number of nitrogens with zero attached hydrogens (tertiary/aromatic N) is 4. The number of nitro groups is 1. The van der Waals surface area contributed by atoms with Crippen LogP contribution in [0.15, 0.2) is 41.9 Å². The maximum atomic E-state index is 12.7. The van der Waals surface area contributed by atoms with Gasteiger partial charge in [0.05, 0.1) is 10.5 Å². The van der Waals surface area contributed by atoms with Gasteiger partial charge in [0.2, 0.25) is 5.95 Å². The van der Waals surface area contributed by atoms with Crippen molar-refractivity contribution in [3.8, 4) is 0 Å². The number of allylic oxidation sites excluding steroid dienone is 2. The van der Waals surface area contributed by atoms with Crippen LogP contribution < -0.4 is 5.32 Å². The summed E-state index contributed by atoms with van der Waals surface area (Å²) in [4.78, 5) is 27.9. The van der Waals surface area contributed by atoms with Crippen molar-refractivity contribution < 1.29 is 9.72 Å². The Morgan fingerprint density at radius 2 is 2.12 bits per heavy atom. The second kappa shape index (κ2) is 5.26. The third-order valence-electron chi connectivity index (χ3n) is 4.49. The van der Waals surface area contributed by atoms with Gasteiger partial charge < -0.3 is 5.32 Å². The molecule has 0 saturated heterocycles. The molecule has 2 heterocycles. The number of Topliss-reactive ketones (excluding diaryl/α,β-unsaturated/α-hetero) is 1. The molecule has 1 N–H and O–H groups in total. The van der Waals surface area contributed by atoms with Crippen LogP contribution in [0.3, 0.4) is 0 Å². The van der Waals surface area contributed by atoms with Crippen molar-refractivity contribution in [1.82, 2.24) is 14.8 Å². The number of rotatable bonds is 2. The number of benzene rings is 1. The lowest BCUT2D eigenvalue weighted by molar-refractivity contribution is -0.385. The molecule has 1 aromatic carbocycles. The van der Waals surface area contributed by atoms with Gasteiger partial charge in [-0.25, -0.2) is 4.68 Å². The molecule has 0 radical (unpaired) electrons. The van der Waals surface area contributed by atoms with E-state index in [1.807, 2.05) is 6.92 Å². The number of carbonyl (C=O) groups excluding carboxylic acids is 1. The van der Waals surface area contributed by atoms with Crippen LogP contribution in [0.4, 0.5) is 11.6 Å². The molecule has 1 aliphatic carbocycles. The molecule has 2 aromatic rings. The van der Waals surface area contributed by atoms with E-state index in [4.69, 9.17) is 0 Å². The zero-order valence-corrected chi connectivity index (χ0v) is 13.0. The van der Waals surface area contributed by atoms with E-state index in [9.17, 15) is 14.9 Å². The molecular weight excluding hydrogens is 310 g/mol. The first-order valence-electron chi connectivity index (χ1n) is 7.72. The number of hydrogen-bond donors (Lipinski definition) is 1. The van der Waals surface area contributed by atoms with E-state index < -0.39 is 11.0 Å². The van der Waals surface area contributed by atoms with E-state index in [2.05, 4.69) is 15.4 Å².